The van der Waals surface area contributed by atoms with Crippen molar-refractivity contribution in [3.05, 3.63) is 52.5 Å². The molecule has 1 N–H and O–H groups in total. The summed E-state index contributed by atoms with van der Waals surface area (Å²) in [6.07, 6.45) is 0.766. The van der Waals surface area contributed by atoms with Crippen molar-refractivity contribution in [2.24, 2.45) is 0 Å². The largest absolute Gasteiger partial charge is 0.493 e. The molecule has 1 amide bonds. The van der Waals surface area contributed by atoms with Crippen molar-refractivity contribution in [1.29, 1.82) is 0 Å². The monoisotopic (exact) mass is 507 g/mol. The number of ether oxygens (including phenoxy) is 3. The van der Waals surface area contributed by atoms with Crippen LogP contribution in [-0.4, -0.2) is 48.7 Å². The van der Waals surface area contributed by atoms with Gasteiger partial charge in [-0.15, -0.1) is 0 Å². The van der Waals surface area contributed by atoms with E-state index in [0.717, 1.165) is 12.0 Å². The van der Waals surface area contributed by atoms with Gasteiger partial charge in [-0.3, -0.25) is 4.79 Å². The van der Waals surface area contributed by atoms with E-state index >= 15 is 0 Å². The Morgan fingerprint density at radius 3 is 2.15 bits per heavy atom. The zero-order valence-electron chi connectivity index (χ0n) is 21.6. The SMILES string of the molecule is COc1cc(C(=O)NCC(CCO[Si](C)(C)C(C)(C)C)c2cccc(Cl)c2)cc(OC)c1OC. The first kappa shape index (κ1) is 28.0. The van der Waals surface area contributed by atoms with Gasteiger partial charge >= 0.3 is 0 Å². The Labute approximate surface area is 210 Å². The first-order valence-corrected chi connectivity index (χ1v) is 14.7. The molecule has 0 aliphatic carbocycles. The maximum Gasteiger partial charge on any atom is 0.251 e. The molecule has 6 nitrogen and oxygen atoms in total. The minimum atomic E-state index is -1.86. The van der Waals surface area contributed by atoms with E-state index in [9.17, 15) is 4.79 Å². The molecule has 34 heavy (non-hydrogen) atoms. The molecule has 0 radical (unpaired) electrons. The zero-order chi connectivity index (χ0) is 25.5. The van der Waals surface area contributed by atoms with E-state index in [0.29, 0.717) is 41.0 Å². The Balaban J connectivity index is 2.18. The van der Waals surface area contributed by atoms with Crippen LogP contribution in [0, 0.1) is 0 Å². The lowest BCUT2D eigenvalue weighted by molar-refractivity contribution is 0.0948. The van der Waals surface area contributed by atoms with E-state index in [2.05, 4.69) is 39.2 Å². The minimum absolute atomic E-state index is 0.0504. The van der Waals surface area contributed by atoms with Gasteiger partial charge in [-0.1, -0.05) is 44.5 Å². The summed E-state index contributed by atoms with van der Waals surface area (Å²) in [5, 5.41) is 3.87. The van der Waals surface area contributed by atoms with Crippen LogP contribution in [0.25, 0.3) is 0 Å². The molecule has 8 heteroatoms. The Morgan fingerprint density at radius 2 is 1.65 bits per heavy atom. The fraction of sp³-hybridized carbons (Fsp3) is 0.500. The highest BCUT2D eigenvalue weighted by Gasteiger charge is 2.37. The molecule has 2 rings (SSSR count). The van der Waals surface area contributed by atoms with E-state index < -0.39 is 8.32 Å². The molecule has 0 fully saturated rings. The predicted octanol–water partition coefficient (Wildman–Crippen LogP) is 6.29. The van der Waals surface area contributed by atoms with Crippen molar-refractivity contribution in [3.63, 3.8) is 0 Å². The number of halogens is 1. The predicted molar refractivity (Wildman–Crippen MR) is 140 cm³/mol. The highest BCUT2D eigenvalue weighted by atomic mass is 35.5. The van der Waals surface area contributed by atoms with Crippen LogP contribution in [-0.2, 0) is 4.43 Å². The van der Waals surface area contributed by atoms with Crippen molar-refractivity contribution in [1.82, 2.24) is 5.32 Å². The van der Waals surface area contributed by atoms with E-state index in [1.54, 1.807) is 12.1 Å². The summed E-state index contributed by atoms with van der Waals surface area (Å²) in [7, 11) is 2.71. The first-order chi connectivity index (χ1) is 15.9. The summed E-state index contributed by atoms with van der Waals surface area (Å²) in [5.74, 6) is 1.13. The molecular weight excluding hydrogens is 470 g/mol. The molecule has 2 aromatic rings. The van der Waals surface area contributed by atoms with Crippen LogP contribution in [0.15, 0.2) is 36.4 Å². The van der Waals surface area contributed by atoms with Crippen LogP contribution in [0.3, 0.4) is 0 Å². The van der Waals surface area contributed by atoms with Crippen molar-refractivity contribution in [3.8, 4) is 17.2 Å². The number of hydrogen-bond donors (Lipinski definition) is 1. The molecule has 0 aromatic heterocycles. The molecular formula is C26H38ClNO5Si. The maximum absolute atomic E-state index is 13.0. The van der Waals surface area contributed by atoms with Gasteiger partial charge in [0.05, 0.1) is 21.3 Å². The summed E-state index contributed by atoms with van der Waals surface area (Å²) in [6.45, 7) is 12.2. The zero-order valence-corrected chi connectivity index (χ0v) is 23.3. The second kappa shape index (κ2) is 12.0. The molecule has 1 unspecified atom stereocenters. The number of rotatable bonds is 11. The lowest BCUT2D eigenvalue weighted by Gasteiger charge is -2.36. The van der Waals surface area contributed by atoms with Gasteiger partial charge in [0.1, 0.15) is 0 Å². The summed E-state index contributed by atoms with van der Waals surface area (Å²) in [5.41, 5.74) is 1.49. The number of hydrogen-bond acceptors (Lipinski definition) is 5. The Morgan fingerprint density at radius 1 is 1.03 bits per heavy atom. The van der Waals surface area contributed by atoms with Gasteiger partial charge in [0.15, 0.2) is 19.8 Å². The smallest absolute Gasteiger partial charge is 0.251 e. The second-order valence-electron chi connectivity index (χ2n) is 9.77. The van der Waals surface area contributed by atoms with Crippen LogP contribution in [0.1, 0.15) is 49.0 Å². The average Bonchev–Trinajstić information content (AvgIpc) is 2.79. The number of methoxy groups -OCH3 is 3. The summed E-state index contributed by atoms with van der Waals surface area (Å²) in [6, 6.07) is 11.1. The summed E-state index contributed by atoms with van der Waals surface area (Å²) in [4.78, 5) is 13.0. The number of nitrogens with one attached hydrogen (secondary N) is 1. The van der Waals surface area contributed by atoms with Gasteiger partial charge in [-0.2, -0.15) is 0 Å². The molecule has 0 saturated carbocycles. The van der Waals surface area contributed by atoms with Crippen molar-refractivity contribution >= 4 is 25.8 Å². The topological polar surface area (TPSA) is 66.0 Å². The highest BCUT2D eigenvalue weighted by Crippen LogP contribution is 2.39. The standard InChI is InChI=1S/C26H38ClNO5Si/c1-26(2,3)34(7,8)33-13-12-19(18-10-9-11-21(27)14-18)17-28-25(29)20-15-22(30-4)24(32-6)23(16-20)31-5/h9-11,14-16,19H,12-13,17H2,1-8H3,(H,28,29). The lowest BCUT2D eigenvalue weighted by Crippen LogP contribution is -2.41. The Kier molecular flexibility index (Phi) is 9.85. The lowest BCUT2D eigenvalue weighted by atomic mass is 9.96. The molecule has 0 heterocycles. The molecule has 188 valence electrons. The van der Waals surface area contributed by atoms with Gasteiger partial charge in [0, 0.05) is 29.7 Å². The number of carbonyl (C=O) groups excluding carboxylic acids is 1. The highest BCUT2D eigenvalue weighted by molar-refractivity contribution is 6.74. The average molecular weight is 508 g/mol. The molecule has 0 aliphatic heterocycles. The minimum Gasteiger partial charge on any atom is -0.493 e. The summed E-state index contributed by atoms with van der Waals surface area (Å²) < 4.78 is 22.5. The van der Waals surface area contributed by atoms with Crippen molar-refractivity contribution < 1.29 is 23.4 Å². The normalized spacial score (nSPS) is 12.7. The van der Waals surface area contributed by atoms with E-state index in [-0.39, 0.29) is 16.9 Å². The molecule has 0 saturated heterocycles. The first-order valence-electron chi connectivity index (χ1n) is 11.4. The Hall–Kier alpha value is -2.22. The van der Waals surface area contributed by atoms with Crippen molar-refractivity contribution in [2.45, 2.75) is 51.2 Å². The fourth-order valence-electron chi connectivity index (χ4n) is 3.35. The molecule has 0 aliphatic rings. The van der Waals surface area contributed by atoms with E-state index in [1.807, 2.05) is 24.3 Å². The quantitative estimate of drug-likeness (QED) is 0.362. The molecule has 2 aromatic carbocycles. The van der Waals surface area contributed by atoms with Crippen molar-refractivity contribution in [2.75, 3.05) is 34.5 Å². The van der Waals surface area contributed by atoms with Gasteiger partial charge in [-0.25, -0.2) is 0 Å². The van der Waals surface area contributed by atoms with E-state index in [4.69, 9.17) is 30.2 Å². The second-order valence-corrected chi connectivity index (χ2v) is 15.0. The summed E-state index contributed by atoms with van der Waals surface area (Å²) >= 11 is 6.26. The maximum atomic E-state index is 13.0. The molecule has 0 spiro atoms. The van der Waals surface area contributed by atoms with Crippen LogP contribution >= 0.6 is 11.6 Å². The number of carbonyl (C=O) groups is 1. The Bertz CT molecular complexity index is 949. The fourth-order valence-corrected chi connectivity index (χ4v) is 4.61. The third kappa shape index (κ3) is 7.14. The number of amides is 1. The van der Waals surface area contributed by atoms with Crippen LogP contribution < -0.4 is 19.5 Å². The van der Waals surface area contributed by atoms with Gasteiger partial charge < -0.3 is 24.0 Å². The van der Waals surface area contributed by atoms with Crippen LogP contribution in [0.4, 0.5) is 0 Å². The third-order valence-electron chi connectivity index (χ3n) is 6.49. The molecule has 0 bridgehead atoms. The van der Waals surface area contributed by atoms with Crippen LogP contribution in [0.5, 0.6) is 17.2 Å². The molecule has 1 atom stereocenters. The van der Waals surface area contributed by atoms with Gasteiger partial charge in [0.25, 0.3) is 5.91 Å². The van der Waals surface area contributed by atoms with Gasteiger partial charge in [-0.05, 0) is 54.4 Å². The van der Waals surface area contributed by atoms with Gasteiger partial charge in [0.2, 0.25) is 5.75 Å². The van der Waals surface area contributed by atoms with Crippen LogP contribution in [0.2, 0.25) is 23.2 Å². The third-order valence-corrected chi connectivity index (χ3v) is 11.3. The van der Waals surface area contributed by atoms with E-state index in [1.165, 1.54) is 21.3 Å². The number of benzene rings is 2.